The van der Waals surface area contributed by atoms with Gasteiger partial charge in [-0.2, -0.15) is 0 Å². The Morgan fingerprint density at radius 3 is 2.55 bits per heavy atom. The molecule has 29 heavy (non-hydrogen) atoms. The first-order valence-corrected chi connectivity index (χ1v) is 9.82. The van der Waals surface area contributed by atoms with Crippen LogP contribution in [0.3, 0.4) is 0 Å². The van der Waals surface area contributed by atoms with E-state index in [1.54, 1.807) is 4.90 Å². The second kappa shape index (κ2) is 7.28. The SMILES string of the molecule is Cc1cc2nc(C3=C(O)CN(c4ccc(OCC(C)C)cc4)C3=N)[nH]c2cc1C. The van der Waals surface area contributed by atoms with Gasteiger partial charge in [-0.1, -0.05) is 13.8 Å². The zero-order valence-electron chi connectivity index (χ0n) is 17.2. The van der Waals surface area contributed by atoms with E-state index >= 15 is 0 Å². The van der Waals surface area contributed by atoms with Crippen molar-refractivity contribution in [3.63, 3.8) is 0 Å². The summed E-state index contributed by atoms with van der Waals surface area (Å²) in [6.07, 6.45) is 0. The molecule has 0 amide bonds. The lowest BCUT2D eigenvalue weighted by molar-refractivity contribution is 0.271. The van der Waals surface area contributed by atoms with Gasteiger partial charge in [-0.15, -0.1) is 0 Å². The number of fused-ring (bicyclic) bond motifs is 1. The van der Waals surface area contributed by atoms with Gasteiger partial charge in [0.2, 0.25) is 0 Å². The molecule has 0 radical (unpaired) electrons. The Labute approximate surface area is 170 Å². The number of aromatic amines is 1. The van der Waals surface area contributed by atoms with Crippen molar-refractivity contribution < 1.29 is 9.84 Å². The van der Waals surface area contributed by atoms with Crippen LogP contribution in [0, 0.1) is 25.2 Å². The monoisotopic (exact) mass is 390 g/mol. The molecular weight excluding hydrogens is 364 g/mol. The Morgan fingerprint density at radius 2 is 1.86 bits per heavy atom. The minimum absolute atomic E-state index is 0.141. The molecule has 2 aromatic carbocycles. The summed E-state index contributed by atoms with van der Waals surface area (Å²) in [7, 11) is 0. The lowest BCUT2D eigenvalue weighted by Crippen LogP contribution is -2.26. The Bertz CT molecular complexity index is 1070. The maximum Gasteiger partial charge on any atom is 0.145 e. The largest absolute Gasteiger partial charge is 0.509 e. The maximum atomic E-state index is 10.6. The molecule has 3 aromatic rings. The molecule has 6 heteroatoms. The van der Waals surface area contributed by atoms with Crippen LogP contribution >= 0.6 is 0 Å². The van der Waals surface area contributed by atoms with E-state index in [4.69, 9.17) is 10.1 Å². The summed E-state index contributed by atoms with van der Waals surface area (Å²) < 4.78 is 5.73. The summed E-state index contributed by atoms with van der Waals surface area (Å²) in [5.74, 6) is 2.15. The van der Waals surface area contributed by atoms with Gasteiger partial charge in [0, 0.05) is 5.69 Å². The fourth-order valence-corrected chi connectivity index (χ4v) is 3.42. The Kier molecular flexibility index (Phi) is 4.78. The number of anilines is 1. The number of imidazole rings is 1. The number of rotatable bonds is 5. The van der Waals surface area contributed by atoms with Gasteiger partial charge >= 0.3 is 0 Å². The topological polar surface area (TPSA) is 85.2 Å². The molecule has 1 aliphatic heterocycles. The zero-order chi connectivity index (χ0) is 20.7. The summed E-state index contributed by atoms with van der Waals surface area (Å²) >= 11 is 0. The number of amidine groups is 1. The van der Waals surface area contributed by atoms with Gasteiger partial charge in [-0.25, -0.2) is 4.98 Å². The molecule has 0 fully saturated rings. The lowest BCUT2D eigenvalue weighted by atomic mass is 10.1. The van der Waals surface area contributed by atoms with Crippen molar-refractivity contribution in [2.24, 2.45) is 5.92 Å². The second-order valence-electron chi connectivity index (χ2n) is 7.99. The molecule has 0 saturated carbocycles. The van der Waals surface area contributed by atoms with Crippen molar-refractivity contribution >= 4 is 28.1 Å². The number of hydrogen-bond acceptors (Lipinski definition) is 4. The number of aryl methyl sites for hydroxylation is 2. The van der Waals surface area contributed by atoms with Gasteiger partial charge in [-0.05, 0) is 67.3 Å². The highest BCUT2D eigenvalue weighted by Crippen LogP contribution is 2.32. The molecule has 150 valence electrons. The maximum absolute atomic E-state index is 10.6. The van der Waals surface area contributed by atoms with Crippen molar-refractivity contribution in [2.45, 2.75) is 27.7 Å². The third-order valence-electron chi connectivity index (χ3n) is 5.17. The van der Waals surface area contributed by atoms with E-state index in [0.29, 0.717) is 23.9 Å². The number of hydrogen-bond donors (Lipinski definition) is 3. The zero-order valence-corrected chi connectivity index (χ0v) is 17.2. The highest BCUT2D eigenvalue weighted by Gasteiger charge is 2.31. The van der Waals surface area contributed by atoms with Crippen LogP contribution in [0.1, 0.15) is 30.8 Å². The van der Waals surface area contributed by atoms with Crippen LogP contribution in [-0.4, -0.2) is 34.1 Å². The summed E-state index contributed by atoms with van der Waals surface area (Å²) in [5, 5.41) is 19.2. The molecular formula is C23H26N4O2. The molecule has 3 N–H and O–H groups in total. The van der Waals surface area contributed by atoms with Gasteiger partial charge in [0.1, 0.15) is 23.2 Å². The van der Waals surface area contributed by atoms with Gasteiger partial charge < -0.3 is 19.7 Å². The van der Waals surface area contributed by atoms with E-state index in [1.807, 2.05) is 43.3 Å². The van der Waals surface area contributed by atoms with Crippen LogP contribution in [0.2, 0.25) is 0 Å². The van der Waals surface area contributed by atoms with Crippen LogP contribution in [0.25, 0.3) is 16.6 Å². The van der Waals surface area contributed by atoms with Crippen LogP contribution in [-0.2, 0) is 0 Å². The van der Waals surface area contributed by atoms with Crippen molar-refractivity contribution in [3.8, 4) is 5.75 Å². The molecule has 1 aliphatic rings. The summed E-state index contributed by atoms with van der Waals surface area (Å²) in [6.45, 7) is 9.23. The van der Waals surface area contributed by atoms with Gasteiger partial charge in [-0.3, -0.25) is 5.41 Å². The third-order valence-corrected chi connectivity index (χ3v) is 5.17. The van der Waals surface area contributed by atoms with E-state index < -0.39 is 0 Å². The highest BCUT2D eigenvalue weighted by atomic mass is 16.5. The number of aliphatic hydroxyl groups excluding tert-OH is 1. The van der Waals surface area contributed by atoms with Gasteiger partial charge in [0.05, 0.1) is 29.8 Å². The third kappa shape index (κ3) is 3.58. The Hall–Kier alpha value is -3.28. The fourth-order valence-electron chi connectivity index (χ4n) is 3.42. The molecule has 0 aliphatic carbocycles. The van der Waals surface area contributed by atoms with Crippen molar-refractivity contribution in [3.05, 3.63) is 59.1 Å². The summed E-state index contributed by atoms with van der Waals surface area (Å²) in [6, 6.07) is 11.7. The number of aliphatic hydroxyl groups is 1. The van der Waals surface area contributed by atoms with Crippen LogP contribution < -0.4 is 9.64 Å². The lowest BCUT2D eigenvalue weighted by Gasteiger charge is -2.19. The number of ether oxygens (including phenoxy) is 1. The predicted octanol–water partition coefficient (Wildman–Crippen LogP) is 4.98. The van der Waals surface area contributed by atoms with Crippen LogP contribution in [0.5, 0.6) is 5.75 Å². The van der Waals surface area contributed by atoms with Gasteiger partial charge in [0.15, 0.2) is 0 Å². The Balaban J connectivity index is 1.58. The standard InChI is InChI=1S/C23H26N4O2/c1-13(2)12-29-17-7-5-16(6-8-17)27-11-20(28)21(22(27)24)23-25-18-9-14(3)15(4)10-19(18)26-23/h5-10,13,24,28H,11-12H2,1-4H3,(H,25,26). The van der Waals surface area contributed by atoms with E-state index in [2.05, 4.69) is 30.7 Å². The smallest absolute Gasteiger partial charge is 0.145 e. The number of benzene rings is 2. The number of aromatic nitrogens is 2. The minimum atomic E-state index is 0.141. The average molecular weight is 390 g/mol. The van der Waals surface area contributed by atoms with E-state index in [1.165, 1.54) is 5.56 Å². The molecule has 0 unspecified atom stereocenters. The molecule has 6 nitrogen and oxygen atoms in total. The normalized spacial score (nSPS) is 14.5. The minimum Gasteiger partial charge on any atom is -0.509 e. The fraction of sp³-hybridized carbons (Fsp3) is 0.304. The first-order chi connectivity index (χ1) is 13.8. The second-order valence-corrected chi connectivity index (χ2v) is 7.99. The van der Waals surface area contributed by atoms with Crippen molar-refractivity contribution in [1.29, 1.82) is 5.41 Å². The van der Waals surface area contributed by atoms with E-state index in [9.17, 15) is 5.11 Å². The molecule has 0 spiro atoms. The number of nitrogens with one attached hydrogen (secondary N) is 2. The highest BCUT2D eigenvalue weighted by molar-refractivity contribution is 6.30. The molecule has 1 aromatic heterocycles. The van der Waals surface area contributed by atoms with Crippen LogP contribution in [0.4, 0.5) is 5.69 Å². The molecule has 0 atom stereocenters. The first kappa shape index (κ1) is 19.1. The number of H-pyrrole nitrogens is 1. The first-order valence-electron chi connectivity index (χ1n) is 9.82. The Morgan fingerprint density at radius 1 is 1.17 bits per heavy atom. The van der Waals surface area contributed by atoms with E-state index in [0.717, 1.165) is 28.0 Å². The van der Waals surface area contributed by atoms with Crippen LogP contribution in [0.15, 0.2) is 42.2 Å². The predicted molar refractivity (Wildman–Crippen MR) is 117 cm³/mol. The number of nitrogens with zero attached hydrogens (tertiary/aromatic N) is 2. The summed E-state index contributed by atoms with van der Waals surface area (Å²) in [5.41, 5.74) is 5.35. The molecule has 0 saturated heterocycles. The van der Waals surface area contributed by atoms with E-state index in [-0.39, 0.29) is 18.1 Å². The molecule has 4 rings (SSSR count). The van der Waals surface area contributed by atoms with Crippen molar-refractivity contribution in [2.75, 3.05) is 18.1 Å². The van der Waals surface area contributed by atoms with Gasteiger partial charge in [0.25, 0.3) is 0 Å². The summed E-state index contributed by atoms with van der Waals surface area (Å²) in [4.78, 5) is 9.64. The quantitative estimate of drug-likeness (QED) is 0.573. The average Bonchev–Trinajstić information content (AvgIpc) is 3.20. The molecule has 2 heterocycles. The molecule has 0 bridgehead atoms. The van der Waals surface area contributed by atoms with Crippen molar-refractivity contribution in [1.82, 2.24) is 9.97 Å².